The maximum Gasteiger partial charge on any atom is 0.229 e. The van der Waals surface area contributed by atoms with Crippen LogP contribution < -0.4 is 0 Å². The van der Waals surface area contributed by atoms with Crippen LogP contribution in [-0.2, 0) is 24.2 Å². The summed E-state index contributed by atoms with van der Waals surface area (Å²) in [6.07, 6.45) is 0.904. The highest BCUT2D eigenvalue weighted by Gasteiger charge is 2.22. The standard InChI is InChI=1S/C20H16F2N2O2/c21-15-5-6-17(18(22)9-15)19-10-16(23-26-19)11-20(25)24-8-7-13-3-1-2-4-14(13)12-24/h1-6,9-10H,7-8,11-12H2. The molecule has 1 aliphatic heterocycles. The van der Waals surface area contributed by atoms with Crippen molar-refractivity contribution in [2.45, 2.75) is 19.4 Å². The molecule has 0 fully saturated rings. The fourth-order valence-electron chi connectivity index (χ4n) is 3.19. The van der Waals surface area contributed by atoms with Crippen LogP contribution in [0.25, 0.3) is 11.3 Å². The molecule has 0 spiro atoms. The minimum atomic E-state index is -0.730. The van der Waals surface area contributed by atoms with Crippen molar-refractivity contribution in [2.24, 2.45) is 0 Å². The van der Waals surface area contributed by atoms with Gasteiger partial charge in [-0.2, -0.15) is 0 Å². The molecule has 4 nitrogen and oxygen atoms in total. The molecule has 2 heterocycles. The highest BCUT2D eigenvalue weighted by Crippen LogP contribution is 2.25. The van der Waals surface area contributed by atoms with E-state index in [0.717, 1.165) is 24.1 Å². The van der Waals surface area contributed by atoms with Crippen LogP contribution in [0.1, 0.15) is 16.8 Å². The van der Waals surface area contributed by atoms with Crippen molar-refractivity contribution in [3.8, 4) is 11.3 Å². The summed E-state index contributed by atoms with van der Waals surface area (Å²) in [5, 5.41) is 3.85. The van der Waals surface area contributed by atoms with Gasteiger partial charge in [-0.15, -0.1) is 0 Å². The first kappa shape index (κ1) is 16.4. The van der Waals surface area contributed by atoms with Gasteiger partial charge in [0, 0.05) is 25.2 Å². The largest absolute Gasteiger partial charge is 0.356 e. The lowest BCUT2D eigenvalue weighted by Gasteiger charge is -2.28. The Kier molecular flexibility index (Phi) is 4.24. The fraction of sp³-hybridized carbons (Fsp3) is 0.200. The third-order valence-electron chi connectivity index (χ3n) is 4.57. The van der Waals surface area contributed by atoms with Crippen LogP contribution in [0.5, 0.6) is 0 Å². The summed E-state index contributed by atoms with van der Waals surface area (Å²) in [5.74, 6) is -1.27. The molecule has 3 aromatic rings. The average molecular weight is 354 g/mol. The zero-order valence-corrected chi connectivity index (χ0v) is 13.9. The number of rotatable bonds is 3. The van der Waals surface area contributed by atoms with Gasteiger partial charge in [-0.25, -0.2) is 8.78 Å². The summed E-state index contributed by atoms with van der Waals surface area (Å²) in [4.78, 5) is 14.3. The van der Waals surface area contributed by atoms with E-state index in [-0.39, 0.29) is 23.7 Å². The maximum atomic E-state index is 13.8. The third kappa shape index (κ3) is 3.22. The summed E-state index contributed by atoms with van der Waals surface area (Å²) in [5.41, 5.74) is 2.96. The van der Waals surface area contributed by atoms with E-state index in [1.54, 1.807) is 4.90 Å². The first-order chi connectivity index (χ1) is 12.6. The van der Waals surface area contributed by atoms with Gasteiger partial charge in [0.15, 0.2) is 5.76 Å². The monoisotopic (exact) mass is 354 g/mol. The molecular weight excluding hydrogens is 338 g/mol. The molecule has 4 rings (SSSR count). The summed E-state index contributed by atoms with van der Waals surface area (Å²) in [6.45, 7) is 1.24. The predicted molar refractivity (Wildman–Crippen MR) is 91.1 cm³/mol. The predicted octanol–water partition coefficient (Wildman–Crippen LogP) is 3.75. The first-order valence-electron chi connectivity index (χ1n) is 8.36. The molecule has 1 aromatic heterocycles. The van der Waals surface area contributed by atoms with Crippen molar-refractivity contribution < 1.29 is 18.1 Å². The number of hydrogen-bond donors (Lipinski definition) is 0. The Balaban J connectivity index is 1.47. The zero-order chi connectivity index (χ0) is 18.1. The Morgan fingerprint density at radius 3 is 2.73 bits per heavy atom. The molecule has 6 heteroatoms. The van der Waals surface area contributed by atoms with E-state index in [2.05, 4.69) is 11.2 Å². The van der Waals surface area contributed by atoms with Gasteiger partial charge in [0.25, 0.3) is 0 Å². The lowest BCUT2D eigenvalue weighted by molar-refractivity contribution is -0.131. The zero-order valence-electron chi connectivity index (χ0n) is 13.9. The normalized spacial score (nSPS) is 13.5. The van der Waals surface area contributed by atoms with Crippen LogP contribution in [0.4, 0.5) is 8.78 Å². The van der Waals surface area contributed by atoms with E-state index in [4.69, 9.17) is 4.52 Å². The van der Waals surface area contributed by atoms with Gasteiger partial charge in [0.1, 0.15) is 11.6 Å². The highest BCUT2D eigenvalue weighted by atomic mass is 19.1. The maximum absolute atomic E-state index is 13.8. The summed E-state index contributed by atoms with van der Waals surface area (Å²) >= 11 is 0. The molecule has 2 aromatic carbocycles. The number of hydrogen-bond acceptors (Lipinski definition) is 3. The molecule has 0 N–H and O–H groups in total. The molecule has 0 unspecified atom stereocenters. The summed E-state index contributed by atoms with van der Waals surface area (Å²) in [6, 6.07) is 12.8. The molecule has 0 bridgehead atoms. The first-order valence-corrected chi connectivity index (χ1v) is 8.36. The van der Waals surface area contributed by atoms with Crippen molar-refractivity contribution in [3.05, 3.63) is 77.0 Å². The minimum Gasteiger partial charge on any atom is -0.356 e. The van der Waals surface area contributed by atoms with Gasteiger partial charge >= 0.3 is 0 Å². The van der Waals surface area contributed by atoms with Gasteiger partial charge in [-0.05, 0) is 29.7 Å². The number of nitrogens with zero attached hydrogens (tertiary/aromatic N) is 2. The molecule has 1 aliphatic rings. The lowest BCUT2D eigenvalue weighted by Crippen LogP contribution is -2.36. The quantitative estimate of drug-likeness (QED) is 0.720. The number of carbonyl (C=O) groups excluding carboxylic acids is 1. The molecule has 1 amide bonds. The second kappa shape index (κ2) is 6.71. The van der Waals surface area contributed by atoms with Gasteiger partial charge in [0.2, 0.25) is 5.91 Å². The van der Waals surface area contributed by atoms with E-state index in [1.807, 2.05) is 18.2 Å². The van der Waals surface area contributed by atoms with Gasteiger partial charge in [-0.1, -0.05) is 29.4 Å². The molecule has 0 saturated carbocycles. The topological polar surface area (TPSA) is 46.3 Å². The van der Waals surface area contributed by atoms with Gasteiger partial charge in [-0.3, -0.25) is 4.79 Å². The number of benzene rings is 2. The Bertz CT molecular complexity index is 968. The van der Waals surface area contributed by atoms with E-state index in [0.29, 0.717) is 18.8 Å². The summed E-state index contributed by atoms with van der Waals surface area (Å²) < 4.78 is 32.0. The van der Waals surface area contributed by atoms with Crippen molar-refractivity contribution in [1.29, 1.82) is 0 Å². The van der Waals surface area contributed by atoms with Crippen LogP contribution in [0, 0.1) is 11.6 Å². The van der Waals surface area contributed by atoms with Crippen molar-refractivity contribution in [1.82, 2.24) is 10.1 Å². The third-order valence-corrected chi connectivity index (χ3v) is 4.57. The Morgan fingerprint density at radius 1 is 1.12 bits per heavy atom. The molecule has 132 valence electrons. The number of carbonyl (C=O) groups is 1. The highest BCUT2D eigenvalue weighted by molar-refractivity contribution is 5.79. The van der Waals surface area contributed by atoms with Crippen LogP contribution in [-0.4, -0.2) is 22.5 Å². The molecular formula is C20H16F2N2O2. The van der Waals surface area contributed by atoms with Crippen LogP contribution in [0.15, 0.2) is 53.1 Å². The smallest absolute Gasteiger partial charge is 0.229 e. The minimum absolute atomic E-state index is 0.0565. The summed E-state index contributed by atoms with van der Waals surface area (Å²) in [7, 11) is 0. The second-order valence-corrected chi connectivity index (χ2v) is 6.32. The van der Waals surface area contributed by atoms with E-state index >= 15 is 0 Å². The van der Waals surface area contributed by atoms with E-state index < -0.39 is 11.6 Å². The van der Waals surface area contributed by atoms with Crippen LogP contribution in [0.3, 0.4) is 0 Å². The Labute approximate surface area is 149 Å². The lowest BCUT2D eigenvalue weighted by atomic mass is 9.99. The van der Waals surface area contributed by atoms with E-state index in [1.165, 1.54) is 17.7 Å². The average Bonchev–Trinajstić information content (AvgIpc) is 3.09. The van der Waals surface area contributed by atoms with Crippen molar-refractivity contribution in [3.63, 3.8) is 0 Å². The van der Waals surface area contributed by atoms with Gasteiger partial charge in [0.05, 0.1) is 17.7 Å². The van der Waals surface area contributed by atoms with Crippen molar-refractivity contribution >= 4 is 5.91 Å². The van der Waals surface area contributed by atoms with Crippen LogP contribution >= 0.6 is 0 Å². The SMILES string of the molecule is O=C(Cc1cc(-c2ccc(F)cc2F)on1)N1CCc2ccccc2C1. The molecule has 0 saturated heterocycles. The number of fused-ring (bicyclic) bond motifs is 1. The van der Waals surface area contributed by atoms with Crippen LogP contribution in [0.2, 0.25) is 0 Å². The van der Waals surface area contributed by atoms with E-state index in [9.17, 15) is 13.6 Å². The molecule has 26 heavy (non-hydrogen) atoms. The number of amides is 1. The second-order valence-electron chi connectivity index (χ2n) is 6.32. The molecule has 0 atom stereocenters. The number of aromatic nitrogens is 1. The molecule has 0 aliphatic carbocycles. The fourth-order valence-corrected chi connectivity index (χ4v) is 3.19. The molecule has 0 radical (unpaired) electrons. The Hall–Kier alpha value is -3.02. The number of halogens is 2. The van der Waals surface area contributed by atoms with Crippen molar-refractivity contribution in [2.75, 3.05) is 6.54 Å². The van der Waals surface area contributed by atoms with Gasteiger partial charge < -0.3 is 9.42 Å². The Morgan fingerprint density at radius 2 is 1.92 bits per heavy atom.